The molecule has 5 heteroatoms. The normalized spacial score (nSPS) is 24.4. The molecule has 0 aliphatic carbocycles. The van der Waals surface area contributed by atoms with E-state index < -0.39 is 5.54 Å². The van der Waals surface area contributed by atoms with Gasteiger partial charge in [-0.25, -0.2) is 0 Å². The minimum absolute atomic E-state index is 0.0205. The van der Waals surface area contributed by atoms with Crippen LogP contribution in [0.15, 0.2) is 29.3 Å². The minimum Gasteiger partial charge on any atom is -0.504 e. The van der Waals surface area contributed by atoms with Crippen LogP contribution >= 0.6 is 0 Å². The second kappa shape index (κ2) is 4.10. The molecule has 1 atom stereocenters. The first-order valence-corrected chi connectivity index (χ1v) is 6.39. The first-order chi connectivity index (χ1) is 9.44. The van der Waals surface area contributed by atoms with Crippen LogP contribution in [0.4, 0.5) is 5.69 Å². The van der Waals surface area contributed by atoms with Gasteiger partial charge >= 0.3 is 0 Å². The Kier molecular flexibility index (Phi) is 2.61. The third kappa shape index (κ3) is 1.70. The number of carbonyl (C=O) groups excluding carboxylic acids is 1. The Balaban J connectivity index is 2.16. The number of carbonyl (C=O) groups is 1. The van der Waals surface area contributed by atoms with Crippen molar-refractivity contribution in [1.82, 2.24) is 4.90 Å². The molecule has 104 valence electrons. The summed E-state index contributed by atoms with van der Waals surface area (Å²) in [6.45, 7) is 6.47. The van der Waals surface area contributed by atoms with Gasteiger partial charge in [0.05, 0.1) is 23.9 Å². The van der Waals surface area contributed by atoms with Crippen molar-refractivity contribution < 1.29 is 14.6 Å². The lowest BCUT2D eigenvalue weighted by Crippen LogP contribution is -2.45. The molecule has 0 spiro atoms. The number of nitrogens with zero attached hydrogens (tertiary/aromatic N) is 2. The van der Waals surface area contributed by atoms with Crippen LogP contribution in [0.5, 0.6) is 11.5 Å². The van der Waals surface area contributed by atoms with Gasteiger partial charge in [-0.2, -0.15) is 0 Å². The lowest BCUT2D eigenvalue weighted by molar-refractivity contribution is 0.0714. The zero-order valence-electron chi connectivity index (χ0n) is 11.5. The average Bonchev–Trinajstić information content (AvgIpc) is 2.67. The van der Waals surface area contributed by atoms with Crippen molar-refractivity contribution in [2.45, 2.75) is 18.9 Å². The number of hydrogen-bond donors (Lipinski definition) is 1. The number of aromatic hydroxyl groups is 1. The number of methoxy groups -OCH3 is 1. The standard InChI is InChI=1S/C15H16N2O3/c1-9-6-15(2)8-16-11-5-12(18)13(20-3)4-10(11)14(19)17(15)7-9/h4-5,8,18H,1,6-7H2,2-3H3. The van der Waals surface area contributed by atoms with E-state index in [1.54, 1.807) is 11.1 Å². The monoisotopic (exact) mass is 272 g/mol. The maximum atomic E-state index is 12.7. The lowest BCUT2D eigenvalue weighted by Gasteiger charge is -2.29. The first-order valence-electron chi connectivity index (χ1n) is 6.39. The maximum Gasteiger partial charge on any atom is 0.257 e. The van der Waals surface area contributed by atoms with Crippen LogP contribution < -0.4 is 4.74 Å². The Morgan fingerprint density at radius 1 is 1.50 bits per heavy atom. The summed E-state index contributed by atoms with van der Waals surface area (Å²) >= 11 is 0. The molecule has 3 rings (SSSR count). The molecule has 1 amide bonds. The molecule has 1 fully saturated rings. The van der Waals surface area contributed by atoms with Crippen molar-refractivity contribution in [2.24, 2.45) is 4.99 Å². The zero-order chi connectivity index (χ0) is 14.5. The summed E-state index contributed by atoms with van der Waals surface area (Å²) in [7, 11) is 1.45. The van der Waals surface area contributed by atoms with E-state index in [4.69, 9.17) is 4.74 Å². The summed E-state index contributed by atoms with van der Waals surface area (Å²) < 4.78 is 5.07. The molecule has 1 N–H and O–H groups in total. The molecule has 1 aromatic carbocycles. The molecule has 0 bridgehead atoms. The van der Waals surface area contributed by atoms with Crippen LogP contribution in [-0.4, -0.2) is 41.3 Å². The smallest absolute Gasteiger partial charge is 0.257 e. The largest absolute Gasteiger partial charge is 0.504 e. The summed E-state index contributed by atoms with van der Waals surface area (Å²) in [6.07, 6.45) is 2.47. The molecule has 1 saturated heterocycles. The van der Waals surface area contributed by atoms with E-state index in [9.17, 15) is 9.90 Å². The highest BCUT2D eigenvalue weighted by atomic mass is 16.5. The van der Waals surface area contributed by atoms with Crippen LogP contribution in [0.1, 0.15) is 23.7 Å². The Morgan fingerprint density at radius 3 is 2.95 bits per heavy atom. The lowest BCUT2D eigenvalue weighted by atomic mass is 9.99. The van der Waals surface area contributed by atoms with Crippen LogP contribution in [-0.2, 0) is 0 Å². The van der Waals surface area contributed by atoms with E-state index in [2.05, 4.69) is 11.6 Å². The van der Waals surface area contributed by atoms with Gasteiger partial charge < -0.3 is 14.7 Å². The van der Waals surface area contributed by atoms with E-state index in [1.165, 1.54) is 19.2 Å². The predicted octanol–water partition coefficient (Wildman–Crippen LogP) is 2.28. The minimum atomic E-state index is -0.448. The molecule has 0 aromatic heterocycles. The van der Waals surface area contributed by atoms with E-state index in [-0.39, 0.29) is 17.4 Å². The highest BCUT2D eigenvalue weighted by Gasteiger charge is 2.42. The molecular weight excluding hydrogens is 256 g/mol. The Morgan fingerprint density at radius 2 is 2.25 bits per heavy atom. The molecule has 2 heterocycles. The van der Waals surface area contributed by atoms with Crippen LogP contribution in [0.2, 0.25) is 0 Å². The first kappa shape index (κ1) is 12.7. The van der Waals surface area contributed by atoms with Gasteiger partial charge in [0, 0.05) is 18.8 Å². The van der Waals surface area contributed by atoms with Gasteiger partial charge in [-0.1, -0.05) is 12.2 Å². The van der Waals surface area contributed by atoms with E-state index >= 15 is 0 Å². The van der Waals surface area contributed by atoms with Gasteiger partial charge in [-0.15, -0.1) is 0 Å². The number of phenolic OH excluding ortho intramolecular Hbond substituents is 1. The second-order valence-corrected chi connectivity index (χ2v) is 5.47. The van der Waals surface area contributed by atoms with E-state index in [0.717, 1.165) is 5.57 Å². The van der Waals surface area contributed by atoms with Crippen LogP contribution in [0.3, 0.4) is 0 Å². The molecule has 5 nitrogen and oxygen atoms in total. The SMILES string of the molecule is C=C1CN2C(=O)c3cc(OC)c(O)cc3N=CC2(C)C1. The number of fused-ring (bicyclic) bond motifs is 2. The van der Waals surface area contributed by atoms with Crippen molar-refractivity contribution in [2.75, 3.05) is 13.7 Å². The van der Waals surface area contributed by atoms with Crippen molar-refractivity contribution in [1.29, 1.82) is 0 Å². The molecule has 1 unspecified atom stereocenters. The summed E-state index contributed by atoms with van der Waals surface area (Å²) in [5.74, 6) is 0.138. The number of phenols is 1. The summed E-state index contributed by atoms with van der Waals surface area (Å²) in [5, 5.41) is 9.82. The number of rotatable bonds is 1. The third-order valence-corrected chi connectivity index (χ3v) is 3.86. The highest BCUT2D eigenvalue weighted by Crippen LogP contribution is 2.40. The molecular formula is C15H16N2O3. The molecule has 20 heavy (non-hydrogen) atoms. The van der Waals surface area contributed by atoms with Gasteiger partial charge in [0.2, 0.25) is 0 Å². The van der Waals surface area contributed by atoms with Crippen molar-refractivity contribution >= 4 is 17.8 Å². The van der Waals surface area contributed by atoms with Crippen molar-refractivity contribution in [3.63, 3.8) is 0 Å². The molecule has 0 saturated carbocycles. The predicted molar refractivity (Wildman–Crippen MR) is 76.0 cm³/mol. The fourth-order valence-corrected chi connectivity index (χ4v) is 2.83. The van der Waals surface area contributed by atoms with Gasteiger partial charge in [0.1, 0.15) is 0 Å². The number of ether oxygens (including phenoxy) is 1. The van der Waals surface area contributed by atoms with Gasteiger partial charge in [0.15, 0.2) is 11.5 Å². The third-order valence-electron chi connectivity index (χ3n) is 3.86. The summed E-state index contributed by atoms with van der Waals surface area (Å²) in [6, 6.07) is 3.00. The topological polar surface area (TPSA) is 62.1 Å². The van der Waals surface area contributed by atoms with Gasteiger partial charge in [-0.3, -0.25) is 9.79 Å². The fourth-order valence-electron chi connectivity index (χ4n) is 2.83. The summed E-state index contributed by atoms with van der Waals surface area (Å²) in [5.41, 5.74) is 1.47. The van der Waals surface area contributed by atoms with Crippen molar-refractivity contribution in [3.05, 3.63) is 29.8 Å². The van der Waals surface area contributed by atoms with Crippen molar-refractivity contribution in [3.8, 4) is 11.5 Å². The van der Waals surface area contributed by atoms with Crippen LogP contribution in [0.25, 0.3) is 0 Å². The second-order valence-electron chi connectivity index (χ2n) is 5.47. The number of benzene rings is 1. The Hall–Kier alpha value is -2.30. The molecule has 2 aliphatic rings. The fraction of sp³-hybridized carbons (Fsp3) is 0.333. The highest BCUT2D eigenvalue weighted by molar-refractivity contribution is 6.04. The molecule has 0 radical (unpaired) electrons. The maximum absolute atomic E-state index is 12.7. The van der Waals surface area contributed by atoms with E-state index in [0.29, 0.717) is 24.2 Å². The summed E-state index contributed by atoms with van der Waals surface area (Å²) in [4.78, 5) is 18.9. The Labute approximate surface area is 117 Å². The Bertz CT molecular complexity index is 651. The molecule has 2 aliphatic heterocycles. The van der Waals surface area contributed by atoms with E-state index in [1.807, 2.05) is 6.92 Å². The van der Waals surface area contributed by atoms with Gasteiger partial charge in [0.25, 0.3) is 5.91 Å². The number of aliphatic imine (C=N–C) groups is 1. The number of amides is 1. The zero-order valence-corrected chi connectivity index (χ0v) is 11.5. The molecule has 1 aromatic rings. The van der Waals surface area contributed by atoms with Crippen LogP contribution in [0, 0.1) is 0 Å². The average molecular weight is 272 g/mol. The number of hydrogen-bond acceptors (Lipinski definition) is 4. The van der Waals surface area contributed by atoms with Gasteiger partial charge in [-0.05, 0) is 19.4 Å². The quantitative estimate of drug-likeness (QED) is 0.798.